The molecule has 3 amide bonds. The maximum absolute atomic E-state index is 13.2. The Balaban J connectivity index is 2.88. The molecule has 1 saturated carbocycles. The van der Waals surface area contributed by atoms with Gasteiger partial charge in [0, 0.05) is 25.2 Å². The first-order valence-corrected chi connectivity index (χ1v) is 9.94. The lowest BCUT2D eigenvalue weighted by Gasteiger charge is -2.35. The van der Waals surface area contributed by atoms with Crippen molar-refractivity contribution in [3.05, 3.63) is 24.7 Å². The van der Waals surface area contributed by atoms with Gasteiger partial charge in [0.25, 0.3) is 0 Å². The summed E-state index contributed by atoms with van der Waals surface area (Å²) in [4.78, 5) is 42.0. The topological polar surface area (TPSA) is 128 Å². The fourth-order valence-corrected chi connectivity index (χ4v) is 3.24. The largest absolute Gasteiger partial charge is 0.403 e. The number of aliphatic imine (C=N–C) groups is 1. The van der Waals surface area contributed by atoms with E-state index < -0.39 is 17.9 Å². The highest BCUT2D eigenvalue weighted by Crippen LogP contribution is 2.33. The van der Waals surface area contributed by atoms with Gasteiger partial charge in [-0.2, -0.15) is 0 Å². The van der Waals surface area contributed by atoms with Crippen molar-refractivity contribution in [3.63, 3.8) is 0 Å². The molecule has 0 aliphatic heterocycles. The SMILES string of the molecule is C=C(C=N/C=C\N)NC(=O)[C@H](C)N(CCC)C(=O)[C@H](CC1CCC1)CN(O)C=O. The predicted molar refractivity (Wildman–Crippen MR) is 111 cm³/mol. The van der Waals surface area contributed by atoms with Gasteiger partial charge in [0.15, 0.2) is 0 Å². The number of hydrogen-bond acceptors (Lipinski definition) is 6. The van der Waals surface area contributed by atoms with Gasteiger partial charge in [-0.3, -0.25) is 24.6 Å². The first-order chi connectivity index (χ1) is 13.8. The second-order valence-electron chi connectivity index (χ2n) is 7.30. The number of rotatable bonds is 13. The van der Waals surface area contributed by atoms with Crippen molar-refractivity contribution >= 4 is 24.4 Å². The molecular weight excluding hydrogens is 374 g/mol. The lowest BCUT2D eigenvalue weighted by molar-refractivity contribution is -0.159. The quantitative estimate of drug-likeness (QED) is 0.184. The minimum absolute atomic E-state index is 0.0851. The third kappa shape index (κ3) is 8.06. The Hall–Kier alpha value is -2.68. The average molecular weight is 408 g/mol. The molecule has 29 heavy (non-hydrogen) atoms. The summed E-state index contributed by atoms with van der Waals surface area (Å²) in [5.74, 6) is -0.786. The summed E-state index contributed by atoms with van der Waals surface area (Å²) in [6.45, 7) is 7.57. The van der Waals surface area contributed by atoms with Crippen molar-refractivity contribution in [2.75, 3.05) is 13.1 Å². The Labute approximate surface area is 172 Å². The molecule has 4 N–H and O–H groups in total. The number of amides is 3. The minimum atomic E-state index is -0.745. The van der Waals surface area contributed by atoms with Crippen LogP contribution in [-0.4, -0.2) is 58.7 Å². The van der Waals surface area contributed by atoms with Gasteiger partial charge >= 0.3 is 0 Å². The van der Waals surface area contributed by atoms with Crippen LogP contribution in [0, 0.1) is 11.8 Å². The summed E-state index contributed by atoms with van der Waals surface area (Å²) < 4.78 is 0. The molecule has 9 nitrogen and oxygen atoms in total. The standard InChI is InChI=1S/C20H33N5O4/c1-4-10-25(16(3)19(27)23-15(2)12-22-9-8-21)20(28)18(13-24(29)14-26)11-17-6-5-7-17/h8-9,12,14,16-18,29H,2,4-7,10-11,13,21H2,1,3H3,(H,23,27)/b9-8-,22-12?/t16-,18+/m0/s1. The van der Waals surface area contributed by atoms with E-state index in [1.807, 2.05) is 6.92 Å². The highest BCUT2D eigenvalue weighted by Gasteiger charge is 2.34. The molecule has 0 spiro atoms. The van der Waals surface area contributed by atoms with Gasteiger partial charge in [-0.1, -0.05) is 32.8 Å². The zero-order chi connectivity index (χ0) is 21.8. The molecular formula is C20H33N5O4. The number of carbonyl (C=O) groups excluding carboxylic acids is 3. The Kier molecular flexibility index (Phi) is 10.7. The normalized spacial score (nSPS) is 16.2. The third-order valence-electron chi connectivity index (χ3n) is 5.00. The van der Waals surface area contributed by atoms with E-state index in [0.29, 0.717) is 36.8 Å². The van der Waals surface area contributed by atoms with Crippen molar-refractivity contribution < 1.29 is 19.6 Å². The second kappa shape index (κ2) is 12.7. The van der Waals surface area contributed by atoms with Crippen LogP contribution in [0.1, 0.15) is 46.0 Å². The molecule has 2 atom stereocenters. The molecule has 0 aromatic heterocycles. The average Bonchev–Trinajstić information content (AvgIpc) is 2.66. The van der Waals surface area contributed by atoms with Gasteiger partial charge in [-0.05, 0) is 25.7 Å². The van der Waals surface area contributed by atoms with E-state index in [-0.39, 0.29) is 18.1 Å². The van der Waals surface area contributed by atoms with Crippen LogP contribution in [-0.2, 0) is 14.4 Å². The van der Waals surface area contributed by atoms with E-state index in [1.165, 1.54) is 23.5 Å². The van der Waals surface area contributed by atoms with Crippen molar-refractivity contribution in [2.24, 2.45) is 22.6 Å². The number of hydrogen-bond donors (Lipinski definition) is 3. The van der Waals surface area contributed by atoms with Crippen molar-refractivity contribution in [2.45, 2.75) is 52.0 Å². The highest BCUT2D eigenvalue weighted by molar-refractivity contribution is 5.93. The van der Waals surface area contributed by atoms with E-state index in [4.69, 9.17) is 5.73 Å². The lowest BCUT2D eigenvalue weighted by Crippen LogP contribution is -2.51. The van der Waals surface area contributed by atoms with Crippen molar-refractivity contribution in [3.8, 4) is 0 Å². The van der Waals surface area contributed by atoms with Gasteiger partial charge in [0.2, 0.25) is 18.2 Å². The predicted octanol–water partition coefficient (Wildman–Crippen LogP) is 1.40. The van der Waals surface area contributed by atoms with E-state index >= 15 is 0 Å². The number of nitrogens with zero attached hydrogens (tertiary/aromatic N) is 3. The maximum atomic E-state index is 13.2. The molecule has 0 heterocycles. The number of carbonyl (C=O) groups is 3. The molecule has 0 saturated heterocycles. The summed E-state index contributed by atoms with van der Waals surface area (Å²) in [5.41, 5.74) is 5.47. The van der Waals surface area contributed by atoms with E-state index in [9.17, 15) is 19.6 Å². The van der Waals surface area contributed by atoms with E-state index in [2.05, 4.69) is 16.9 Å². The Bertz CT molecular complexity index is 630. The van der Waals surface area contributed by atoms with Crippen LogP contribution >= 0.6 is 0 Å². The molecule has 1 aliphatic carbocycles. The molecule has 0 unspecified atom stereocenters. The number of hydroxylamine groups is 2. The Morgan fingerprint density at radius 1 is 1.41 bits per heavy atom. The summed E-state index contributed by atoms with van der Waals surface area (Å²) >= 11 is 0. The van der Waals surface area contributed by atoms with Crippen LogP contribution in [0.25, 0.3) is 0 Å². The summed E-state index contributed by atoms with van der Waals surface area (Å²) in [5, 5.41) is 12.8. The molecule has 0 bridgehead atoms. The maximum Gasteiger partial charge on any atom is 0.246 e. The molecule has 162 valence electrons. The van der Waals surface area contributed by atoms with Crippen molar-refractivity contribution in [1.82, 2.24) is 15.3 Å². The van der Waals surface area contributed by atoms with Crippen LogP contribution in [0.3, 0.4) is 0 Å². The first-order valence-electron chi connectivity index (χ1n) is 9.94. The first kappa shape index (κ1) is 24.4. The molecule has 1 fully saturated rings. The minimum Gasteiger partial charge on any atom is -0.403 e. The number of nitrogens with two attached hydrogens (primary N) is 1. The lowest BCUT2D eigenvalue weighted by atomic mass is 9.78. The number of allylic oxidation sites excluding steroid dienone is 1. The molecule has 1 aliphatic rings. The van der Waals surface area contributed by atoms with Crippen LogP contribution < -0.4 is 11.1 Å². The van der Waals surface area contributed by atoms with E-state index in [1.54, 1.807) is 6.92 Å². The van der Waals surface area contributed by atoms with Gasteiger partial charge in [0.05, 0.1) is 18.2 Å². The van der Waals surface area contributed by atoms with Crippen LogP contribution in [0.4, 0.5) is 0 Å². The Morgan fingerprint density at radius 3 is 2.62 bits per heavy atom. The molecule has 0 radical (unpaired) electrons. The summed E-state index contributed by atoms with van der Waals surface area (Å²) in [6.07, 6.45) is 8.71. The smallest absolute Gasteiger partial charge is 0.246 e. The summed E-state index contributed by atoms with van der Waals surface area (Å²) in [7, 11) is 0. The van der Waals surface area contributed by atoms with Crippen LogP contribution in [0.15, 0.2) is 29.7 Å². The molecule has 9 heteroatoms. The fraction of sp³-hybridized carbons (Fsp3) is 0.600. The monoisotopic (exact) mass is 407 g/mol. The third-order valence-corrected chi connectivity index (χ3v) is 5.00. The van der Waals surface area contributed by atoms with Gasteiger partial charge < -0.3 is 16.0 Å². The van der Waals surface area contributed by atoms with Gasteiger partial charge in [-0.25, -0.2) is 5.06 Å². The van der Waals surface area contributed by atoms with E-state index in [0.717, 1.165) is 19.3 Å². The second-order valence-corrected chi connectivity index (χ2v) is 7.30. The molecule has 0 aromatic rings. The van der Waals surface area contributed by atoms with Crippen molar-refractivity contribution in [1.29, 1.82) is 0 Å². The van der Waals surface area contributed by atoms with Crippen LogP contribution in [0.5, 0.6) is 0 Å². The van der Waals surface area contributed by atoms with Crippen LogP contribution in [0.2, 0.25) is 0 Å². The zero-order valence-corrected chi connectivity index (χ0v) is 17.3. The summed E-state index contributed by atoms with van der Waals surface area (Å²) in [6, 6.07) is -0.745. The Morgan fingerprint density at radius 2 is 2.10 bits per heavy atom. The molecule has 0 aromatic carbocycles. The molecule has 1 rings (SSSR count). The highest BCUT2D eigenvalue weighted by atomic mass is 16.5. The number of nitrogens with one attached hydrogen (secondary N) is 1. The van der Waals surface area contributed by atoms with Gasteiger partial charge in [-0.15, -0.1) is 0 Å². The van der Waals surface area contributed by atoms with Gasteiger partial charge in [0.1, 0.15) is 6.04 Å². The zero-order valence-electron chi connectivity index (χ0n) is 17.3. The fourth-order valence-electron chi connectivity index (χ4n) is 3.24.